The van der Waals surface area contributed by atoms with E-state index in [0.29, 0.717) is 0 Å². The molecule has 0 radical (unpaired) electrons. The summed E-state index contributed by atoms with van der Waals surface area (Å²) >= 11 is 0. The summed E-state index contributed by atoms with van der Waals surface area (Å²) in [6.07, 6.45) is 0. The molecule has 0 unspecified atom stereocenters. The number of nitrogens with one attached hydrogen (secondary N) is 1. The SMILES string of the molecule is CC#CCNC(=O)c1cccc(F)n1. The molecule has 1 rings (SSSR count). The second-order valence-electron chi connectivity index (χ2n) is 2.46. The van der Waals surface area contributed by atoms with E-state index in [1.165, 1.54) is 18.2 Å². The van der Waals surface area contributed by atoms with Crippen molar-refractivity contribution in [2.75, 3.05) is 6.54 Å². The average Bonchev–Trinajstić information content (AvgIpc) is 2.18. The van der Waals surface area contributed by atoms with Crippen LogP contribution >= 0.6 is 0 Å². The van der Waals surface area contributed by atoms with Crippen molar-refractivity contribution < 1.29 is 9.18 Å². The van der Waals surface area contributed by atoms with Gasteiger partial charge < -0.3 is 5.32 Å². The highest BCUT2D eigenvalue weighted by Crippen LogP contribution is 1.96. The first-order valence-corrected chi connectivity index (χ1v) is 4.04. The second kappa shape index (κ2) is 4.97. The largest absolute Gasteiger partial charge is 0.340 e. The summed E-state index contributed by atoms with van der Waals surface area (Å²) in [6.45, 7) is 1.92. The number of rotatable bonds is 2. The zero-order chi connectivity index (χ0) is 10.4. The van der Waals surface area contributed by atoms with Gasteiger partial charge in [0.1, 0.15) is 5.69 Å². The van der Waals surface area contributed by atoms with Crippen molar-refractivity contribution in [1.82, 2.24) is 10.3 Å². The first kappa shape index (κ1) is 10.2. The van der Waals surface area contributed by atoms with Crippen LogP contribution in [-0.4, -0.2) is 17.4 Å². The maximum Gasteiger partial charge on any atom is 0.270 e. The van der Waals surface area contributed by atoms with Crippen LogP contribution in [0.5, 0.6) is 0 Å². The standard InChI is InChI=1S/C10H9FN2O/c1-2-3-7-12-10(14)8-5-4-6-9(11)13-8/h4-6H,7H2,1H3,(H,12,14). The monoisotopic (exact) mass is 192 g/mol. The summed E-state index contributed by atoms with van der Waals surface area (Å²) in [5.41, 5.74) is 0.0582. The van der Waals surface area contributed by atoms with Crippen LogP contribution in [0.25, 0.3) is 0 Å². The number of amides is 1. The van der Waals surface area contributed by atoms with Crippen molar-refractivity contribution in [2.24, 2.45) is 0 Å². The normalized spacial score (nSPS) is 8.71. The van der Waals surface area contributed by atoms with E-state index < -0.39 is 11.9 Å². The topological polar surface area (TPSA) is 42.0 Å². The van der Waals surface area contributed by atoms with Gasteiger partial charge in [0.05, 0.1) is 6.54 Å². The van der Waals surface area contributed by atoms with E-state index in [9.17, 15) is 9.18 Å². The Morgan fingerprint density at radius 1 is 1.64 bits per heavy atom. The van der Waals surface area contributed by atoms with Gasteiger partial charge in [-0.2, -0.15) is 4.39 Å². The number of nitrogens with zero attached hydrogens (tertiary/aromatic N) is 1. The highest BCUT2D eigenvalue weighted by molar-refractivity contribution is 5.92. The number of pyridine rings is 1. The molecular weight excluding hydrogens is 183 g/mol. The van der Waals surface area contributed by atoms with Crippen molar-refractivity contribution in [3.8, 4) is 11.8 Å². The molecule has 1 N–H and O–H groups in total. The number of aromatic nitrogens is 1. The fourth-order valence-corrected chi connectivity index (χ4v) is 0.838. The highest BCUT2D eigenvalue weighted by atomic mass is 19.1. The van der Waals surface area contributed by atoms with Gasteiger partial charge in [0.25, 0.3) is 5.91 Å². The third-order valence-electron chi connectivity index (χ3n) is 1.46. The molecule has 0 atom stereocenters. The Balaban J connectivity index is 2.63. The Bertz CT molecular complexity index is 393. The molecule has 0 fully saturated rings. The Morgan fingerprint density at radius 3 is 3.07 bits per heavy atom. The van der Waals surface area contributed by atoms with E-state index in [1.807, 2.05) is 0 Å². The van der Waals surface area contributed by atoms with Gasteiger partial charge in [-0.25, -0.2) is 4.98 Å². The highest BCUT2D eigenvalue weighted by Gasteiger charge is 2.05. The van der Waals surface area contributed by atoms with Gasteiger partial charge in [-0.05, 0) is 19.1 Å². The van der Waals surface area contributed by atoms with E-state index in [2.05, 4.69) is 22.1 Å². The Kier molecular flexibility index (Phi) is 3.62. The fourth-order valence-electron chi connectivity index (χ4n) is 0.838. The molecule has 0 aliphatic rings. The van der Waals surface area contributed by atoms with Gasteiger partial charge in [-0.1, -0.05) is 12.0 Å². The minimum absolute atomic E-state index is 0.0582. The minimum atomic E-state index is -0.667. The number of carbonyl (C=O) groups excluding carboxylic acids is 1. The molecule has 1 heterocycles. The molecule has 3 nitrogen and oxygen atoms in total. The molecule has 0 aromatic carbocycles. The molecule has 72 valence electrons. The van der Waals surface area contributed by atoms with Gasteiger partial charge in [0.2, 0.25) is 5.95 Å². The molecule has 0 aliphatic heterocycles. The summed E-state index contributed by atoms with van der Waals surface area (Å²) in [5.74, 6) is 4.20. The molecule has 1 amide bonds. The maximum atomic E-state index is 12.6. The molecule has 14 heavy (non-hydrogen) atoms. The maximum absolute atomic E-state index is 12.6. The molecule has 0 saturated carbocycles. The Labute approximate surface area is 81.4 Å². The molecule has 0 spiro atoms. The third kappa shape index (κ3) is 2.87. The van der Waals surface area contributed by atoms with E-state index in [1.54, 1.807) is 6.92 Å². The molecule has 0 aliphatic carbocycles. The lowest BCUT2D eigenvalue weighted by Crippen LogP contribution is -2.24. The Morgan fingerprint density at radius 2 is 2.43 bits per heavy atom. The molecule has 0 saturated heterocycles. The second-order valence-corrected chi connectivity index (χ2v) is 2.46. The summed E-state index contributed by atoms with van der Waals surface area (Å²) in [6, 6.07) is 4.06. The predicted molar refractivity (Wildman–Crippen MR) is 50.0 cm³/mol. The average molecular weight is 192 g/mol. The number of carbonyl (C=O) groups is 1. The molecule has 0 bridgehead atoms. The number of hydrogen-bond donors (Lipinski definition) is 1. The van der Waals surface area contributed by atoms with Crippen LogP contribution < -0.4 is 5.32 Å². The first-order valence-electron chi connectivity index (χ1n) is 4.04. The lowest BCUT2D eigenvalue weighted by atomic mass is 10.3. The molecular formula is C10H9FN2O. The van der Waals surface area contributed by atoms with Crippen LogP contribution in [0, 0.1) is 17.8 Å². The van der Waals surface area contributed by atoms with Gasteiger partial charge in [-0.15, -0.1) is 5.92 Å². The molecule has 1 aromatic rings. The quantitative estimate of drug-likeness (QED) is 0.560. The molecule has 1 aromatic heterocycles. The summed E-state index contributed by atoms with van der Waals surface area (Å²) in [4.78, 5) is 14.7. The lowest BCUT2D eigenvalue weighted by molar-refractivity contribution is 0.0952. The molecule has 4 heteroatoms. The van der Waals surface area contributed by atoms with Crippen molar-refractivity contribution in [3.05, 3.63) is 29.8 Å². The smallest absolute Gasteiger partial charge is 0.270 e. The lowest BCUT2D eigenvalue weighted by Gasteiger charge is -1.99. The van der Waals surface area contributed by atoms with E-state index in [-0.39, 0.29) is 12.2 Å². The van der Waals surface area contributed by atoms with Crippen LogP contribution in [0.4, 0.5) is 4.39 Å². The van der Waals surface area contributed by atoms with E-state index in [4.69, 9.17) is 0 Å². The van der Waals surface area contributed by atoms with Crippen LogP contribution in [0.2, 0.25) is 0 Å². The van der Waals surface area contributed by atoms with Gasteiger partial charge in [0, 0.05) is 0 Å². The zero-order valence-corrected chi connectivity index (χ0v) is 7.67. The van der Waals surface area contributed by atoms with Crippen LogP contribution in [0.15, 0.2) is 18.2 Å². The van der Waals surface area contributed by atoms with Crippen LogP contribution in [0.3, 0.4) is 0 Å². The van der Waals surface area contributed by atoms with E-state index in [0.717, 1.165) is 0 Å². The van der Waals surface area contributed by atoms with Crippen LogP contribution in [0.1, 0.15) is 17.4 Å². The van der Waals surface area contributed by atoms with E-state index >= 15 is 0 Å². The Hall–Kier alpha value is -1.89. The van der Waals surface area contributed by atoms with Crippen molar-refractivity contribution in [3.63, 3.8) is 0 Å². The zero-order valence-electron chi connectivity index (χ0n) is 7.67. The van der Waals surface area contributed by atoms with Crippen LogP contribution in [-0.2, 0) is 0 Å². The fraction of sp³-hybridized carbons (Fsp3) is 0.200. The summed E-state index contributed by atoms with van der Waals surface area (Å²) in [5, 5.41) is 2.49. The predicted octanol–water partition coefficient (Wildman–Crippen LogP) is 0.974. The van der Waals surface area contributed by atoms with Gasteiger partial charge >= 0.3 is 0 Å². The summed E-state index contributed by atoms with van der Waals surface area (Å²) in [7, 11) is 0. The van der Waals surface area contributed by atoms with Gasteiger partial charge in [0.15, 0.2) is 0 Å². The van der Waals surface area contributed by atoms with Crippen molar-refractivity contribution in [2.45, 2.75) is 6.92 Å². The number of halogens is 1. The summed E-state index contributed by atoms with van der Waals surface area (Å²) < 4.78 is 12.6. The first-order chi connectivity index (χ1) is 6.74. The third-order valence-corrected chi connectivity index (χ3v) is 1.46. The van der Waals surface area contributed by atoms with Crippen molar-refractivity contribution >= 4 is 5.91 Å². The van der Waals surface area contributed by atoms with Gasteiger partial charge in [-0.3, -0.25) is 4.79 Å². The number of hydrogen-bond acceptors (Lipinski definition) is 2. The van der Waals surface area contributed by atoms with Crippen molar-refractivity contribution in [1.29, 1.82) is 0 Å². The minimum Gasteiger partial charge on any atom is -0.340 e.